The van der Waals surface area contributed by atoms with Crippen LogP contribution >= 0.6 is 11.3 Å². The van der Waals surface area contributed by atoms with E-state index in [2.05, 4.69) is 156 Å². The summed E-state index contributed by atoms with van der Waals surface area (Å²) in [7, 11) is 0. The van der Waals surface area contributed by atoms with Crippen LogP contribution in [-0.2, 0) is 0 Å². The van der Waals surface area contributed by atoms with Crippen LogP contribution in [-0.4, -0.2) is 14.1 Å². The number of benzene rings is 5. The maximum absolute atomic E-state index is 5.39. The van der Waals surface area contributed by atoms with Crippen molar-refractivity contribution < 1.29 is 0 Å². The van der Waals surface area contributed by atoms with Crippen LogP contribution in [0, 0.1) is 0 Å². The summed E-state index contributed by atoms with van der Waals surface area (Å²) in [4.78, 5) is 6.77. The first-order valence-electron chi connectivity index (χ1n) is 16.0. The van der Waals surface area contributed by atoms with Crippen molar-refractivity contribution in [2.75, 3.05) is 0 Å². The molecular formula is C42H29N3S. The molecule has 46 heavy (non-hydrogen) atoms. The van der Waals surface area contributed by atoms with Gasteiger partial charge >= 0.3 is 0 Å². The smallest absolute Gasteiger partial charge is 0.0985 e. The fraction of sp³-hybridized carbons (Fsp3) is 0.0714. The van der Waals surface area contributed by atoms with Gasteiger partial charge in [0.15, 0.2) is 0 Å². The predicted octanol–water partition coefficient (Wildman–Crippen LogP) is 11.7. The van der Waals surface area contributed by atoms with Crippen molar-refractivity contribution >= 4 is 71.2 Å². The molecule has 0 aliphatic heterocycles. The molecule has 0 spiro atoms. The fourth-order valence-corrected chi connectivity index (χ4v) is 9.07. The number of fused-ring (bicyclic) bond motifs is 10. The average Bonchev–Trinajstić information content (AvgIpc) is 3.77. The van der Waals surface area contributed by atoms with Crippen LogP contribution in [0.2, 0.25) is 0 Å². The molecule has 0 amide bonds. The first-order valence-corrected chi connectivity index (χ1v) is 16.8. The van der Waals surface area contributed by atoms with Crippen molar-refractivity contribution in [1.82, 2.24) is 14.1 Å². The highest BCUT2D eigenvalue weighted by molar-refractivity contribution is 7.21. The van der Waals surface area contributed by atoms with E-state index in [-0.39, 0.29) is 0 Å². The van der Waals surface area contributed by atoms with Gasteiger partial charge in [-0.2, -0.15) is 0 Å². The molecule has 0 saturated heterocycles. The molecule has 1 aliphatic carbocycles. The minimum absolute atomic E-state index is 0.515. The minimum Gasteiger partial charge on any atom is -0.309 e. The largest absolute Gasteiger partial charge is 0.309 e. The molecule has 0 fully saturated rings. The second kappa shape index (κ2) is 9.77. The standard InChI is InChI=1S/C42H29N3S/c1-26-10-9-17-38-39(26)32-22-24-36-40(42(32)46-38)41-37(25-23-33(43-41)27-11-3-2-4-12-27)45(36)29-20-18-28(19-21-29)44-34-15-7-5-13-30(34)31-14-6-8-16-35(31)44/h2-9,11-26H,10H2,1H3. The van der Waals surface area contributed by atoms with E-state index in [0.717, 1.165) is 40.1 Å². The summed E-state index contributed by atoms with van der Waals surface area (Å²) in [5.74, 6) is 0.515. The van der Waals surface area contributed by atoms with E-state index in [0.29, 0.717) is 5.92 Å². The molecule has 4 heterocycles. The zero-order valence-corrected chi connectivity index (χ0v) is 26.1. The van der Waals surface area contributed by atoms with Gasteiger partial charge < -0.3 is 9.13 Å². The van der Waals surface area contributed by atoms with E-state index in [1.165, 1.54) is 53.2 Å². The van der Waals surface area contributed by atoms with Gasteiger partial charge in [-0.1, -0.05) is 85.8 Å². The molecule has 1 atom stereocenters. The van der Waals surface area contributed by atoms with E-state index in [1.54, 1.807) is 0 Å². The van der Waals surface area contributed by atoms with Crippen molar-refractivity contribution in [2.45, 2.75) is 19.3 Å². The van der Waals surface area contributed by atoms with Crippen molar-refractivity contribution in [3.63, 3.8) is 0 Å². The van der Waals surface area contributed by atoms with Gasteiger partial charge in [0.05, 0.1) is 33.3 Å². The van der Waals surface area contributed by atoms with E-state index >= 15 is 0 Å². The number of hydrogen-bond donors (Lipinski definition) is 0. The van der Waals surface area contributed by atoms with Crippen LogP contribution in [0.15, 0.2) is 133 Å². The predicted molar refractivity (Wildman–Crippen MR) is 196 cm³/mol. The molecule has 1 aliphatic rings. The molecule has 5 aromatic carbocycles. The maximum atomic E-state index is 5.39. The number of thiophene rings is 1. The average molecular weight is 608 g/mol. The Labute approximate surface area is 270 Å². The molecule has 0 radical (unpaired) electrons. The summed E-state index contributed by atoms with van der Waals surface area (Å²) in [6, 6.07) is 46.0. The summed E-state index contributed by atoms with van der Waals surface area (Å²) >= 11 is 1.92. The van der Waals surface area contributed by atoms with Crippen LogP contribution in [0.3, 0.4) is 0 Å². The van der Waals surface area contributed by atoms with Crippen LogP contribution < -0.4 is 0 Å². The Balaban J connectivity index is 1.22. The Morgan fingerprint density at radius 3 is 1.96 bits per heavy atom. The van der Waals surface area contributed by atoms with Crippen LogP contribution in [0.1, 0.15) is 29.7 Å². The Bertz CT molecular complexity index is 2620. The molecule has 0 saturated carbocycles. The molecule has 4 aromatic heterocycles. The lowest BCUT2D eigenvalue weighted by molar-refractivity contribution is 0.783. The van der Waals surface area contributed by atoms with Gasteiger partial charge in [-0.3, -0.25) is 0 Å². The zero-order chi connectivity index (χ0) is 30.4. The maximum Gasteiger partial charge on any atom is 0.0985 e. The van der Waals surface area contributed by atoms with E-state index in [1.807, 2.05) is 11.3 Å². The number of aromatic nitrogens is 3. The summed E-state index contributed by atoms with van der Waals surface area (Å²) < 4.78 is 6.12. The van der Waals surface area contributed by atoms with Gasteiger partial charge in [0.25, 0.3) is 0 Å². The molecule has 0 N–H and O–H groups in total. The van der Waals surface area contributed by atoms with Crippen molar-refractivity contribution in [3.05, 3.63) is 144 Å². The van der Waals surface area contributed by atoms with Crippen LogP contribution in [0.5, 0.6) is 0 Å². The van der Waals surface area contributed by atoms with Crippen molar-refractivity contribution in [1.29, 1.82) is 0 Å². The fourth-order valence-electron chi connectivity index (χ4n) is 7.68. The zero-order valence-electron chi connectivity index (χ0n) is 25.3. The summed E-state index contributed by atoms with van der Waals surface area (Å²) in [5.41, 5.74) is 11.7. The molecular weight excluding hydrogens is 579 g/mol. The molecule has 0 bridgehead atoms. The second-order valence-corrected chi connectivity index (χ2v) is 13.5. The van der Waals surface area contributed by atoms with Gasteiger partial charge in [-0.25, -0.2) is 4.98 Å². The molecule has 10 rings (SSSR count). The van der Waals surface area contributed by atoms with Crippen molar-refractivity contribution in [2.24, 2.45) is 0 Å². The highest BCUT2D eigenvalue weighted by Crippen LogP contribution is 2.46. The van der Waals surface area contributed by atoms with Gasteiger partial charge in [-0.15, -0.1) is 11.3 Å². The minimum atomic E-state index is 0.515. The topological polar surface area (TPSA) is 22.8 Å². The molecule has 9 aromatic rings. The van der Waals surface area contributed by atoms with Crippen molar-refractivity contribution in [3.8, 4) is 22.6 Å². The number of para-hydroxylation sites is 2. The molecule has 4 heteroatoms. The number of allylic oxidation sites excluding steroid dienone is 1. The molecule has 218 valence electrons. The number of hydrogen-bond acceptors (Lipinski definition) is 2. The SMILES string of the molecule is CC1CC=Cc2sc3c(ccc4c3c3nc(-c5ccccc5)ccc3n4-c3ccc(-n4c5ccccc5c5ccccc54)cc3)c21. The summed E-state index contributed by atoms with van der Waals surface area (Å²) in [6.07, 6.45) is 5.74. The lowest BCUT2D eigenvalue weighted by atomic mass is 9.91. The third-order valence-electron chi connectivity index (χ3n) is 9.76. The Hall–Kier alpha value is -5.45. The Kier molecular flexibility index (Phi) is 5.49. The Morgan fingerprint density at radius 2 is 1.24 bits per heavy atom. The molecule has 3 nitrogen and oxygen atoms in total. The van der Waals surface area contributed by atoms with E-state index < -0.39 is 0 Å². The van der Waals surface area contributed by atoms with Crippen LogP contribution in [0.4, 0.5) is 0 Å². The van der Waals surface area contributed by atoms with Crippen LogP contribution in [0.25, 0.3) is 82.5 Å². The normalized spacial score (nSPS) is 14.7. The third-order valence-corrected chi connectivity index (χ3v) is 11.0. The highest BCUT2D eigenvalue weighted by Gasteiger charge is 2.24. The van der Waals surface area contributed by atoms with Gasteiger partial charge in [0.2, 0.25) is 0 Å². The number of pyridine rings is 1. The van der Waals surface area contributed by atoms with E-state index in [4.69, 9.17) is 4.98 Å². The summed E-state index contributed by atoms with van der Waals surface area (Å²) in [6.45, 7) is 2.35. The third kappa shape index (κ3) is 3.62. The Morgan fingerprint density at radius 1 is 0.609 bits per heavy atom. The first kappa shape index (κ1) is 25.8. The van der Waals surface area contributed by atoms with Gasteiger partial charge in [-0.05, 0) is 84.0 Å². The molecule has 1 unspecified atom stereocenters. The monoisotopic (exact) mass is 607 g/mol. The number of rotatable bonds is 3. The first-order chi connectivity index (χ1) is 22.7. The lowest BCUT2D eigenvalue weighted by Gasteiger charge is -2.14. The summed E-state index contributed by atoms with van der Waals surface area (Å²) in [5, 5.41) is 5.17. The lowest BCUT2D eigenvalue weighted by Crippen LogP contribution is -1.97. The number of nitrogens with zero attached hydrogens (tertiary/aromatic N) is 3. The highest BCUT2D eigenvalue weighted by atomic mass is 32.1. The van der Waals surface area contributed by atoms with Gasteiger partial charge in [0.1, 0.15) is 0 Å². The van der Waals surface area contributed by atoms with E-state index in [9.17, 15) is 0 Å². The quantitative estimate of drug-likeness (QED) is 0.196. The second-order valence-electron chi connectivity index (χ2n) is 12.4. The van der Waals surface area contributed by atoms with Gasteiger partial charge in [0, 0.05) is 42.7 Å².